The van der Waals surface area contributed by atoms with Gasteiger partial charge in [-0.15, -0.1) is 0 Å². The highest BCUT2D eigenvalue weighted by atomic mass is 15.2. The Morgan fingerprint density at radius 3 is 2.55 bits per heavy atom. The van der Waals surface area contributed by atoms with Crippen molar-refractivity contribution in [3.8, 4) is 6.07 Å². The van der Waals surface area contributed by atoms with Crippen LogP contribution in [0, 0.1) is 11.3 Å². The number of nitriles is 1. The highest BCUT2D eigenvalue weighted by molar-refractivity contribution is 5.59. The summed E-state index contributed by atoms with van der Waals surface area (Å²) in [7, 11) is 0. The van der Waals surface area contributed by atoms with Crippen LogP contribution in [0.4, 0.5) is 11.5 Å². The molecule has 0 aliphatic heterocycles. The summed E-state index contributed by atoms with van der Waals surface area (Å²) in [4.78, 5) is 6.50. The molecule has 20 heavy (non-hydrogen) atoms. The van der Waals surface area contributed by atoms with Gasteiger partial charge in [-0.05, 0) is 30.7 Å². The van der Waals surface area contributed by atoms with Gasteiger partial charge in [0.1, 0.15) is 5.82 Å². The number of para-hydroxylation sites is 1. The molecule has 1 heterocycles. The van der Waals surface area contributed by atoms with Gasteiger partial charge in [-0.25, -0.2) is 4.98 Å². The SMILES string of the molecule is CC(N)c1ccc(N(CCC#N)c2ccccc2)nc1. The number of anilines is 2. The summed E-state index contributed by atoms with van der Waals surface area (Å²) in [5.41, 5.74) is 7.87. The minimum atomic E-state index is -0.0270. The quantitative estimate of drug-likeness (QED) is 0.902. The molecule has 0 aliphatic carbocycles. The van der Waals surface area contributed by atoms with Crippen LogP contribution < -0.4 is 10.6 Å². The smallest absolute Gasteiger partial charge is 0.132 e. The third-order valence-corrected chi connectivity index (χ3v) is 3.09. The number of rotatable bonds is 5. The molecule has 4 heteroatoms. The van der Waals surface area contributed by atoms with Crippen molar-refractivity contribution in [3.05, 3.63) is 54.2 Å². The second kappa shape index (κ2) is 6.69. The van der Waals surface area contributed by atoms with Gasteiger partial charge in [0.05, 0.1) is 12.5 Å². The maximum atomic E-state index is 8.81. The molecule has 102 valence electrons. The Morgan fingerprint density at radius 1 is 1.25 bits per heavy atom. The molecule has 4 nitrogen and oxygen atoms in total. The largest absolute Gasteiger partial charge is 0.325 e. The van der Waals surface area contributed by atoms with Gasteiger partial charge >= 0.3 is 0 Å². The van der Waals surface area contributed by atoms with Crippen LogP contribution in [-0.2, 0) is 0 Å². The molecule has 0 radical (unpaired) electrons. The minimum absolute atomic E-state index is 0.0270. The summed E-state index contributed by atoms with van der Waals surface area (Å²) in [6, 6.07) is 16.0. The number of nitrogens with zero attached hydrogens (tertiary/aromatic N) is 3. The van der Waals surface area contributed by atoms with Gasteiger partial charge in [-0.1, -0.05) is 24.3 Å². The van der Waals surface area contributed by atoms with E-state index in [2.05, 4.69) is 11.1 Å². The Balaban J connectivity index is 2.29. The van der Waals surface area contributed by atoms with Crippen molar-refractivity contribution in [2.45, 2.75) is 19.4 Å². The van der Waals surface area contributed by atoms with Crippen LogP contribution in [0.15, 0.2) is 48.7 Å². The lowest BCUT2D eigenvalue weighted by Gasteiger charge is -2.23. The van der Waals surface area contributed by atoms with E-state index < -0.39 is 0 Å². The third-order valence-electron chi connectivity index (χ3n) is 3.09. The van der Waals surface area contributed by atoms with Gasteiger partial charge in [0.25, 0.3) is 0 Å². The van der Waals surface area contributed by atoms with Crippen molar-refractivity contribution in [1.29, 1.82) is 5.26 Å². The van der Waals surface area contributed by atoms with E-state index in [0.717, 1.165) is 17.1 Å². The molecule has 1 aromatic carbocycles. The summed E-state index contributed by atoms with van der Waals surface area (Å²) in [6.45, 7) is 2.55. The van der Waals surface area contributed by atoms with Crippen molar-refractivity contribution >= 4 is 11.5 Å². The monoisotopic (exact) mass is 266 g/mol. The number of aromatic nitrogens is 1. The van der Waals surface area contributed by atoms with Crippen molar-refractivity contribution in [2.75, 3.05) is 11.4 Å². The van der Waals surface area contributed by atoms with Crippen molar-refractivity contribution in [1.82, 2.24) is 4.98 Å². The number of benzene rings is 1. The van der Waals surface area contributed by atoms with Crippen molar-refractivity contribution < 1.29 is 0 Å². The predicted molar refractivity (Wildman–Crippen MR) is 80.5 cm³/mol. The molecule has 0 aliphatic rings. The number of pyridine rings is 1. The van der Waals surface area contributed by atoms with E-state index in [0.29, 0.717) is 13.0 Å². The lowest BCUT2D eigenvalue weighted by Crippen LogP contribution is -2.19. The van der Waals surface area contributed by atoms with E-state index in [1.165, 1.54) is 0 Å². The van der Waals surface area contributed by atoms with E-state index in [1.807, 2.05) is 54.3 Å². The van der Waals surface area contributed by atoms with Crippen LogP contribution in [0.5, 0.6) is 0 Å². The Morgan fingerprint density at radius 2 is 2.00 bits per heavy atom. The molecule has 1 unspecified atom stereocenters. The summed E-state index contributed by atoms with van der Waals surface area (Å²) >= 11 is 0. The first-order valence-corrected chi connectivity index (χ1v) is 6.63. The van der Waals surface area contributed by atoms with Crippen LogP contribution in [0.25, 0.3) is 0 Å². The summed E-state index contributed by atoms with van der Waals surface area (Å²) < 4.78 is 0. The highest BCUT2D eigenvalue weighted by Crippen LogP contribution is 2.24. The molecular formula is C16H18N4. The first-order valence-electron chi connectivity index (χ1n) is 6.63. The molecular weight excluding hydrogens is 248 g/mol. The molecule has 2 rings (SSSR count). The van der Waals surface area contributed by atoms with Gasteiger partial charge in [0.15, 0.2) is 0 Å². The third kappa shape index (κ3) is 3.34. The van der Waals surface area contributed by atoms with Gasteiger partial charge in [0, 0.05) is 24.5 Å². The topological polar surface area (TPSA) is 65.9 Å². The van der Waals surface area contributed by atoms with Gasteiger partial charge in [-0.2, -0.15) is 5.26 Å². The Hall–Kier alpha value is -2.38. The summed E-state index contributed by atoms with van der Waals surface area (Å²) in [6.07, 6.45) is 2.24. The van der Waals surface area contributed by atoms with Crippen LogP contribution in [0.3, 0.4) is 0 Å². The lowest BCUT2D eigenvalue weighted by molar-refractivity contribution is 0.809. The minimum Gasteiger partial charge on any atom is -0.325 e. The van der Waals surface area contributed by atoms with E-state index >= 15 is 0 Å². The van der Waals surface area contributed by atoms with E-state index in [-0.39, 0.29) is 6.04 Å². The van der Waals surface area contributed by atoms with Crippen molar-refractivity contribution in [3.63, 3.8) is 0 Å². The molecule has 0 bridgehead atoms. The highest BCUT2D eigenvalue weighted by Gasteiger charge is 2.10. The number of nitrogens with two attached hydrogens (primary N) is 1. The van der Waals surface area contributed by atoms with Crippen molar-refractivity contribution in [2.24, 2.45) is 5.73 Å². The molecule has 0 saturated carbocycles. The van der Waals surface area contributed by atoms with Gasteiger partial charge in [-0.3, -0.25) is 0 Å². The Kier molecular flexibility index (Phi) is 4.70. The number of hydrogen-bond donors (Lipinski definition) is 1. The fourth-order valence-electron chi connectivity index (χ4n) is 1.97. The maximum absolute atomic E-state index is 8.81. The maximum Gasteiger partial charge on any atom is 0.132 e. The molecule has 0 spiro atoms. The van der Waals surface area contributed by atoms with Crippen LogP contribution >= 0.6 is 0 Å². The fraction of sp³-hybridized carbons (Fsp3) is 0.250. The second-order valence-corrected chi connectivity index (χ2v) is 4.63. The summed E-state index contributed by atoms with van der Waals surface area (Å²) in [5, 5.41) is 8.81. The van der Waals surface area contributed by atoms with Crippen LogP contribution in [0.2, 0.25) is 0 Å². The summed E-state index contributed by atoms with van der Waals surface area (Å²) in [5.74, 6) is 0.829. The number of hydrogen-bond acceptors (Lipinski definition) is 4. The van der Waals surface area contributed by atoms with Gasteiger partial charge < -0.3 is 10.6 Å². The predicted octanol–water partition coefficient (Wildman–Crippen LogP) is 3.15. The molecule has 1 aromatic heterocycles. The molecule has 0 fully saturated rings. The molecule has 1 atom stereocenters. The van der Waals surface area contributed by atoms with Gasteiger partial charge in [0.2, 0.25) is 0 Å². The normalized spacial score (nSPS) is 11.7. The van der Waals surface area contributed by atoms with Crippen LogP contribution in [0.1, 0.15) is 24.9 Å². The molecule has 2 aromatic rings. The molecule has 0 amide bonds. The first-order chi connectivity index (χ1) is 9.72. The average molecular weight is 266 g/mol. The first kappa shape index (κ1) is 14.0. The van der Waals surface area contributed by atoms with E-state index in [9.17, 15) is 0 Å². The zero-order valence-electron chi connectivity index (χ0n) is 11.5. The molecule has 2 N–H and O–H groups in total. The average Bonchev–Trinajstić information content (AvgIpc) is 2.49. The van der Waals surface area contributed by atoms with E-state index in [1.54, 1.807) is 6.20 Å². The zero-order valence-corrected chi connectivity index (χ0v) is 11.5. The lowest BCUT2D eigenvalue weighted by atomic mass is 10.1. The zero-order chi connectivity index (χ0) is 14.4. The Labute approximate surface area is 119 Å². The Bertz CT molecular complexity index is 570. The standard InChI is InChI=1S/C16H18N4/c1-13(18)14-8-9-16(19-12-14)20(11-5-10-17)15-6-3-2-4-7-15/h2-4,6-9,12-13H,5,11,18H2,1H3. The fourth-order valence-corrected chi connectivity index (χ4v) is 1.97. The van der Waals surface area contributed by atoms with E-state index in [4.69, 9.17) is 11.0 Å². The van der Waals surface area contributed by atoms with Crippen LogP contribution in [-0.4, -0.2) is 11.5 Å². The second-order valence-electron chi connectivity index (χ2n) is 4.63. The molecule has 0 saturated heterocycles.